The molecule has 1 heterocycles. The minimum absolute atomic E-state index is 0.266. The van der Waals surface area contributed by atoms with Gasteiger partial charge in [-0.25, -0.2) is 0 Å². The number of halogens is 1. The van der Waals surface area contributed by atoms with Crippen molar-refractivity contribution in [2.45, 2.75) is 12.5 Å². The largest absolute Gasteiger partial charge is 0.354 e. The second-order valence-electron chi connectivity index (χ2n) is 6.25. The van der Waals surface area contributed by atoms with E-state index in [1.165, 1.54) is 18.3 Å². The van der Waals surface area contributed by atoms with Crippen molar-refractivity contribution in [3.05, 3.63) is 105 Å². The van der Waals surface area contributed by atoms with Crippen LogP contribution in [-0.2, 0) is 11.2 Å². The smallest absolute Gasteiger partial charge is 0.251 e. The van der Waals surface area contributed by atoms with Crippen molar-refractivity contribution in [3.8, 4) is 0 Å². The number of Topliss-reactive ketones (excluding diaryl/α,β-unsaturated/α-hetero) is 1. The summed E-state index contributed by atoms with van der Waals surface area (Å²) in [5.41, 5.74) is 0.933. The molecule has 142 valence electrons. The molecule has 0 aliphatic heterocycles. The van der Waals surface area contributed by atoms with E-state index in [-0.39, 0.29) is 5.02 Å². The van der Waals surface area contributed by atoms with Crippen LogP contribution in [0.4, 0.5) is 0 Å². The van der Waals surface area contributed by atoms with Gasteiger partial charge in [-0.2, -0.15) is 0 Å². The molecule has 0 aliphatic carbocycles. The van der Waals surface area contributed by atoms with Crippen molar-refractivity contribution in [2.75, 3.05) is 6.54 Å². The highest BCUT2D eigenvalue weighted by Crippen LogP contribution is 2.16. The number of amides is 1. The highest BCUT2D eigenvalue weighted by Gasteiger charge is 2.30. The van der Waals surface area contributed by atoms with E-state index in [9.17, 15) is 14.4 Å². The van der Waals surface area contributed by atoms with Crippen molar-refractivity contribution in [3.63, 3.8) is 0 Å². The summed E-state index contributed by atoms with van der Waals surface area (Å²) in [7, 11) is 0. The highest BCUT2D eigenvalue weighted by atomic mass is 35.5. The lowest BCUT2D eigenvalue weighted by atomic mass is 10.0. The number of rotatable bonds is 7. The van der Waals surface area contributed by atoms with E-state index in [4.69, 9.17) is 11.6 Å². The van der Waals surface area contributed by atoms with Gasteiger partial charge in [-0.3, -0.25) is 19.0 Å². The zero-order valence-electron chi connectivity index (χ0n) is 15.0. The monoisotopic (exact) mass is 394 g/mol. The van der Waals surface area contributed by atoms with Gasteiger partial charge in [0, 0.05) is 24.4 Å². The Balaban J connectivity index is 1.85. The number of ketones is 1. The van der Waals surface area contributed by atoms with Crippen molar-refractivity contribution < 1.29 is 9.59 Å². The maximum atomic E-state index is 13.0. The normalized spacial score (nSPS) is 11.6. The second-order valence-corrected chi connectivity index (χ2v) is 6.69. The molecule has 0 saturated carbocycles. The molecule has 3 rings (SSSR count). The topological polar surface area (TPSA) is 68.2 Å². The molecule has 5 nitrogen and oxygen atoms in total. The number of pyridine rings is 1. The molecule has 2 aromatic carbocycles. The zero-order chi connectivity index (χ0) is 19.9. The molecule has 3 aromatic rings. The molecule has 1 amide bonds. The number of nitrogens with zero attached hydrogens (tertiary/aromatic N) is 1. The maximum absolute atomic E-state index is 13.0. The predicted octanol–water partition coefficient (Wildman–Crippen LogP) is 3.28. The zero-order valence-corrected chi connectivity index (χ0v) is 15.8. The van der Waals surface area contributed by atoms with Crippen LogP contribution in [0.5, 0.6) is 0 Å². The maximum Gasteiger partial charge on any atom is 0.251 e. The summed E-state index contributed by atoms with van der Waals surface area (Å²) < 4.78 is 1.08. The summed E-state index contributed by atoms with van der Waals surface area (Å²) >= 11 is 6.00. The van der Waals surface area contributed by atoms with Gasteiger partial charge in [-0.05, 0) is 18.1 Å². The van der Waals surface area contributed by atoms with Gasteiger partial charge < -0.3 is 5.32 Å². The predicted molar refractivity (Wildman–Crippen MR) is 109 cm³/mol. The fraction of sp³-hybridized carbons (Fsp3) is 0.136. The SMILES string of the molecule is O=C(NCCc1ccccc1)[C@@H](C(=O)c1ccccc1)n1cc(Cl)ccc1=O. The number of nitrogens with one attached hydrogen (secondary N) is 1. The van der Waals surface area contributed by atoms with Crippen molar-refractivity contribution in [2.24, 2.45) is 0 Å². The number of carbonyl (C=O) groups excluding carboxylic acids is 2. The van der Waals surface area contributed by atoms with E-state index < -0.39 is 23.3 Å². The molecular weight excluding hydrogens is 376 g/mol. The fourth-order valence-electron chi connectivity index (χ4n) is 2.88. The molecule has 0 unspecified atom stereocenters. The Hall–Kier alpha value is -3.18. The Bertz CT molecular complexity index is 1020. The minimum atomic E-state index is -1.33. The van der Waals surface area contributed by atoms with E-state index in [1.54, 1.807) is 30.3 Å². The Kier molecular flexibility index (Phi) is 6.40. The summed E-state index contributed by atoms with van der Waals surface area (Å²) in [6, 6.07) is 19.4. The second kappa shape index (κ2) is 9.15. The third kappa shape index (κ3) is 4.75. The summed E-state index contributed by atoms with van der Waals surface area (Å²) in [6.45, 7) is 0.344. The standard InChI is InChI=1S/C22H19ClN2O3/c23-18-11-12-19(26)25(15-18)20(21(27)17-9-5-2-6-10-17)22(28)24-14-13-16-7-3-1-4-8-16/h1-12,15,20H,13-14H2,(H,24,28)/t20-/m1/s1. The Labute approximate surface area is 167 Å². The number of aromatic nitrogens is 1. The van der Waals surface area contributed by atoms with Crippen LogP contribution in [0, 0.1) is 0 Å². The first-order chi connectivity index (χ1) is 13.6. The minimum Gasteiger partial charge on any atom is -0.354 e. The third-order valence-electron chi connectivity index (χ3n) is 4.29. The average molecular weight is 395 g/mol. The van der Waals surface area contributed by atoms with Crippen LogP contribution < -0.4 is 10.9 Å². The highest BCUT2D eigenvalue weighted by molar-refractivity contribution is 6.30. The summed E-state index contributed by atoms with van der Waals surface area (Å²) in [5.74, 6) is -1.02. The summed E-state index contributed by atoms with van der Waals surface area (Å²) in [4.78, 5) is 38.2. The van der Waals surface area contributed by atoms with Crippen LogP contribution in [0.2, 0.25) is 5.02 Å². The third-order valence-corrected chi connectivity index (χ3v) is 4.51. The fourth-order valence-corrected chi connectivity index (χ4v) is 3.05. The molecule has 1 aromatic heterocycles. The van der Waals surface area contributed by atoms with Gasteiger partial charge in [0.15, 0.2) is 11.8 Å². The Morgan fingerprint density at radius 3 is 2.25 bits per heavy atom. The molecule has 0 radical (unpaired) electrons. The van der Waals surface area contributed by atoms with E-state index in [0.717, 1.165) is 10.1 Å². The molecule has 28 heavy (non-hydrogen) atoms. The van der Waals surface area contributed by atoms with E-state index in [2.05, 4.69) is 5.32 Å². The van der Waals surface area contributed by atoms with Gasteiger partial charge in [0.1, 0.15) is 0 Å². The number of benzene rings is 2. The lowest BCUT2D eigenvalue weighted by Crippen LogP contribution is -2.41. The van der Waals surface area contributed by atoms with Gasteiger partial charge >= 0.3 is 0 Å². The average Bonchev–Trinajstić information content (AvgIpc) is 2.72. The molecule has 6 heteroatoms. The van der Waals surface area contributed by atoms with E-state index in [0.29, 0.717) is 18.5 Å². The quantitative estimate of drug-likeness (QED) is 0.494. The number of hydrogen-bond donors (Lipinski definition) is 1. The van der Waals surface area contributed by atoms with Crippen LogP contribution in [0.1, 0.15) is 22.0 Å². The first-order valence-corrected chi connectivity index (χ1v) is 9.22. The molecule has 0 aliphatic rings. The molecule has 0 saturated heterocycles. The van der Waals surface area contributed by atoms with Crippen LogP contribution in [-0.4, -0.2) is 22.8 Å². The van der Waals surface area contributed by atoms with Crippen molar-refractivity contribution >= 4 is 23.3 Å². The molecule has 0 spiro atoms. The van der Waals surface area contributed by atoms with Gasteiger partial charge in [-0.1, -0.05) is 72.3 Å². The lowest BCUT2D eigenvalue weighted by Gasteiger charge is -2.19. The lowest BCUT2D eigenvalue weighted by molar-refractivity contribution is -0.123. The summed E-state index contributed by atoms with van der Waals surface area (Å²) in [5, 5.41) is 3.03. The molecule has 0 bridgehead atoms. The van der Waals surface area contributed by atoms with Crippen LogP contribution in [0.25, 0.3) is 0 Å². The summed E-state index contributed by atoms with van der Waals surface area (Å²) in [6.07, 6.45) is 1.93. The van der Waals surface area contributed by atoms with Gasteiger partial charge in [-0.15, -0.1) is 0 Å². The molecule has 0 fully saturated rings. The number of carbonyl (C=O) groups is 2. The number of hydrogen-bond acceptors (Lipinski definition) is 3. The molecular formula is C22H19ClN2O3. The van der Waals surface area contributed by atoms with Crippen molar-refractivity contribution in [1.82, 2.24) is 9.88 Å². The molecule has 1 N–H and O–H groups in total. The first-order valence-electron chi connectivity index (χ1n) is 8.85. The first kappa shape index (κ1) is 19.6. The van der Waals surface area contributed by atoms with Gasteiger partial charge in [0.05, 0.1) is 5.02 Å². The van der Waals surface area contributed by atoms with E-state index in [1.807, 2.05) is 30.3 Å². The Morgan fingerprint density at radius 2 is 1.57 bits per heavy atom. The Morgan fingerprint density at radius 1 is 0.929 bits per heavy atom. The van der Waals surface area contributed by atoms with E-state index >= 15 is 0 Å². The van der Waals surface area contributed by atoms with Crippen LogP contribution in [0.3, 0.4) is 0 Å². The van der Waals surface area contributed by atoms with Crippen molar-refractivity contribution in [1.29, 1.82) is 0 Å². The van der Waals surface area contributed by atoms with Gasteiger partial charge in [0.2, 0.25) is 0 Å². The molecule has 1 atom stereocenters. The van der Waals surface area contributed by atoms with Crippen LogP contribution >= 0.6 is 11.6 Å². The van der Waals surface area contributed by atoms with Crippen LogP contribution in [0.15, 0.2) is 83.8 Å². The van der Waals surface area contributed by atoms with Gasteiger partial charge in [0.25, 0.3) is 11.5 Å².